The van der Waals surface area contributed by atoms with E-state index in [-0.39, 0.29) is 12.0 Å². The van der Waals surface area contributed by atoms with Gasteiger partial charge in [0.2, 0.25) is 0 Å². The van der Waals surface area contributed by atoms with Crippen molar-refractivity contribution in [3.63, 3.8) is 0 Å². The van der Waals surface area contributed by atoms with Gasteiger partial charge in [-0.1, -0.05) is 24.3 Å². The van der Waals surface area contributed by atoms with Crippen LogP contribution in [0.2, 0.25) is 0 Å². The number of carbonyl (C=O) groups is 1. The molecule has 0 spiro atoms. The van der Waals surface area contributed by atoms with E-state index in [4.69, 9.17) is 5.11 Å². The highest BCUT2D eigenvalue weighted by Crippen LogP contribution is 2.15. The van der Waals surface area contributed by atoms with Crippen molar-refractivity contribution in [2.75, 3.05) is 19.6 Å². The molecule has 0 saturated carbocycles. The van der Waals surface area contributed by atoms with Crippen molar-refractivity contribution in [2.45, 2.75) is 13.0 Å². The Bertz CT molecular complexity index is 579. The molecule has 0 aliphatic rings. The van der Waals surface area contributed by atoms with Gasteiger partial charge < -0.3 is 15.7 Å². The predicted molar refractivity (Wildman–Crippen MR) is 78.6 cm³/mol. The molecular formula is C15H19N3O2. The summed E-state index contributed by atoms with van der Waals surface area (Å²) in [5, 5.41) is 16.8. The van der Waals surface area contributed by atoms with Crippen LogP contribution in [0.5, 0.6) is 0 Å². The third-order valence-electron chi connectivity index (χ3n) is 2.92. The van der Waals surface area contributed by atoms with Crippen LogP contribution >= 0.6 is 0 Å². The molecule has 1 unspecified atom stereocenters. The van der Waals surface area contributed by atoms with Crippen LogP contribution in [0.15, 0.2) is 36.5 Å². The number of nitrogens with one attached hydrogen (secondary N) is 2. The number of carbonyl (C=O) groups excluding carboxylic acids is 1. The Morgan fingerprint density at radius 2 is 2.10 bits per heavy atom. The van der Waals surface area contributed by atoms with Crippen molar-refractivity contribution in [3.8, 4) is 0 Å². The second kappa shape index (κ2) is 6.98. The monoisotopic (exact) mass is 273 g/mol. The third kappa shape index (κ3) is 3.76. The molecule has 5 heteroatoms. The van der Waals surface area contributed by atoms with Crippen molar-refractivity contribution in [3.05, 3.63) is 42.2 Å². The lowest BCUT2D eigenvalue weighted by Gasteiger charge is -2.09. The molecule has 1 heterocycles. The van der Waals surface area contributed by atoms with Gasteiger partial charge in [-0.3, -0.25) is 9.78 Å². The minimum Gasteiger partial charge on any atom is -0.392 e. The van der Waals surface area contributed by atoms with Crippen LogP contribution in [0.3, 0.4) is 0 Å². The Kier molecular flexibility index (Phi) is 5.03. The molecule has 1 aromatic heterocycles. The number of pyridine rings is 1. The lowest BCUT2D eigenvalue weighted by Crippen LogP contribution is -2.34. The average molecular weight is 273 g/mol. The van der Waals surface area contributed by atoms with Crippen LogP contribution in [0.1, 0.15) is 17.4 Å². The van der Waals surface area contributed by atoms with E-state index in [1.54, 1.807) is 13.1 Å². The minimum atomic E-state index is -0.384. The topological polar surface area (TPSA) is 74.2 Å². The van der Waals surface area contributed by atoms with E-state index < -0.39 is 0 Å². The molecule has 0 bridgehead atoms. The molecule has 3 N–H and O–H groups in total. The van der Waals surface area contributed by atoms with E-state index in [2.05, 4.69) is 15.6 Å². The Hall–Kier alpha value is -1.98. The Morgan fingerprint density at radius 1 is 1.30 bits per heavy atom. The fourth-order valence-electron chi connectivity index (χ4n) is 1.96. The van der Waals surface area contributed by atoms with Gasteiger partial charge in [0.1, 0.15) is 5.69 Å². The zero-order valence-electron chi connectivity index (χ0n) is 11.5. The molecule has 0 saturated heterocycles. The predicted octanol–water partition coefficient (Wildman–Crippen LogP) is 0.935. The van der Waals surface area contributed by atoms with Crippen molar-refractivity contribution >= 4 is 16.7 Å². The summed E-state index contributed by atoms with van der Waals surface area (Å²) in [6, 6.07) is 9.56. The van der Waals surface area contributed by atoms with Crippen LogP contribution in [0.25, 0.3) is 10.8 Å². The molecule has 0 fully saturated rings. The van der Waals surface area contributed by atoms with Gasteiger partial charge in [-0.15, -0.1) is 0 Å². The lowest BCUT2D eigenvalue weighted by atomic mass is 10.1. The van der Waals surface area contributed by atoms with Crippen LogP contribution in [0, 0.1) is 0 Å². The molecule has 0 aliphatic heterocycles. The van der Waals surface area contributed by atoms with Gasteiger partial charge in [0.15, 0.2) is 0 Å². The molecule has 2 aromatic rings. The zero-order chi connectivity index (χ0) is 14.4. The standard InChI is InChI=1S/C15H19N3O2/c1-11(19)10-16-8-9-18-15(20)14-13-5-3-2-4-12(13)6-7-17-14/h2-7,11,16,19H,8-10H2,1H3,(H,18,20). The quantitative estimate of drug-likeness (QED) is 0.685. The van der Waals surface area contributed by atoms with E-state index in [1.807, 2.05) is 30.3 Å². The van der Waals surface area contributed by atoms with E-state index in [0.29, 0.717) is 25.3 Å². The number of aliphatic hydroxyl groups is 1. The normalized spacial score (nSPS) is 12.3. The van der Waals surface area contributed by atoms with Gasteiger partial charge in [0.05, 0.1) is 6.10 Å². The molecule has 0 aliphatic carbocycles. The largest absolute Gasteiger partial charge is 0.392 e. The number of hydrogen-bond donors (Lipinski definition) is 3. The number of nitrogens with zero attached hydrogens (tertiary/aromatic N) is 1. The molecule has 1 atom stereocenters. The first-order chi connectivity index (χ1) is 9.68. The molecule has 5 nitrogen and oxygen atoms in total. The maximum absolute atomic E-state index is 12.1. The molecule has 106 valence electrons. The Morgan fingerprint density at radius 3 is 2.90 bits per heavy atom. The van der Waals surface area contributed by atoms with Crippen LogP contribution in [-0.4, -0.2) is 41.7 Å². The zero-order valence-corrected chi connectivity index (χ0v) is 11.5. The minimum absolute atomic E-state index is 0.180. The van der Waals surface area contributed by atoms with Gasteiger partial charge in [-0.25, -0.2) is 0 Å². The maximum Gasteiger partial charge on any atom is 0.270 e. The SMILES string of the molecule is CC(O)CNCCNC(=O)c1nccc2ccccc12. The van der Waals surface area contributed by atoms with Gasteiger partial charge in [-0.05, 0) is 18.4 Å². The third-order valence-corrected chi connectivity index (χ3v) is 2.92. The number of fused-ring (bicyclic) bond motifs is 1. The molecule has 20 heavy (non-hydrogen) atoms. The van der Waals surface area contributed by atoms with Crippen LogP contribution < -0.4 is 10.6 Å². The summed E-state index contributed by atoms with van der Waals surface area (Å²) in [4.78, 5) is 16.3. The van der Waals surface area contributed by atoms with Crippen LogP contribution in [0.4, 0.5) is 0 Å². The summed E-state index contributed by atoms with van der Waals surface area (Å²) in [6.45, 7) is 3.34. The fourth-order valence-corrected chi connectivity index (χ4v) is 1.96. The van der Waals surface area contributed by atoms with E-state index >= 15 is 0 Å². The smallest absolute Gasteiger partial charge is 0.270 e. The highest BCUT2D eigenvalue weighted by Gasteiger charge is 2.10. The average Bonchev–Trinajstić information content (AvgIpc) is 2.45. The van der Waals surface area contributed by atoms with Crippen molar-refractivity contribution in [1.82, 2.24) is 15.6 Å². The summed E-state index contributed by atoms with van der Waals surface area (Å²) in [7, 11) is 0. The molecule has 1 aromatic carbocycles. The molecule has 0 radical (unpaired) electrons. The summed E-state index contributed by atoms with van der Waals surface area (Å²) >= 11 is 0. The van der Waals surface area contributed by atoms with Crippen molar-refractivity contribution in [2.24, 2.45) is 0 Å². The number of benzene rings is 1. The van der Waals surface area contributed by atoms with Gasteiger partial charge in [-0.2, -0.15) is 0 Å². The van der Waals surface area contributed by atoms with Crippen molar-refractivity contribution < 1.29 is 9.90 Å². The van der Waals surface area contributed by atoms with Gasteiger partial charge in [0.25, 0.3) is 5.91 Å². The second-order valence-corrected chi connectivity index (χ2v) is 4.69. The summed E-state index contributed by atoms with van der Waals surface area (Å²) < 4.78 is 0. The number of aromatic nitrogens is 1. The number of rotatable bonds is 6. The number of aliphatic hydroxyl groups excluding tert-OH is 1. The maximum atomic E-state index is 12.1. The van der Waals surface area contributed by atoms with E-state index in [9.17, 15) is 4.79 Å². The second-order valence-electron chi connectivity index (χ2n) is 4.69. The number of amides is 1. The fraction of sp³-hybridized carbons (Fsp3) is 0.333. The van der Waals surface area contributed by atoms with Gasteiger partial charge in [0, 0.05) is 31.2 Å². The summed E-state index contributed by atoms with van der Waals surface area (Å²) in [5.41, 5.74) is 0.443. The lowest BCUT2D eigenvalue weighted by molar-refractivity contribution is 0.0950. The van der Waals surface area contributed by atoms with Crippen molar-refractivity contribution in [1.29, 1.82) is 0 Å². The first-order valence-electron chi connectivity index (χ1n) is 6.69. The highest BCUT2D eigenvalue weighted by atomic mass is 16.3. The molecule has 2 rings (SSSR count). The Labute approximate surface area is 118 Å². The Balaban J connectivity index is 1.94. The van der Waals surface area contributed by atoms with E-state index in [1.165, 1.54) is 0 Å². The first-order valence-corrected chi connectivity index (χ1v) is 6.69. The molecular weight excluding hydrogens is 254 g/mol. The van der Waals surface area contributed by atoms with Crippen LogP contribution in [-0.2, 0) is 0 Å². The summed E-state index contributed by atoms with van der Waals surface area (Å²) in [6.07, 6.45) is 1.26. The first kappa shape index (κ1) is 14.4. The summed E-state index contributed by atoms with van der Waals surface area (Å²) in [5.74, 6) is -0.180. The highest BCUT2D eigenvalue weighted by molar-refractivity contribution is 6.05. The number of hydrogen-bond acceptors (Lipinski definition) is 4. The van der Waals surface area contributed by atoms with E-state index in [0.717, 1.165) is 10.8 Å². The van der Waals surface area contributed by atoms with Gasteiger partial charge >= 0.3 is 0 Å². The molecule has 1 amide bonds.